The van der Waals surface area contributed by atoms with Crippen LogP contribution in [0.3, 0.4) is 0 Å². The second-order valence-corrected chi connectivity index (χ2v) is 8.45. The van der Waals surface area contributed by atoms with Gasteiger partial charge in [-0.3, -0.25) is 4.79 Å². The Morgan fingerprint density at radius 1 is 1.17 bits per heavy atom. The monoisotopic (exact) mass is 421 g/mol. The van der Waals surface area contributed by atoms with Crippen LogP contribution in [0.5, 0.6) is 0 Å². The fraction of sp³-hybridized carbons (Fsp3) is 0.304. The molecule has 0 amide bonds. The molecule has 4 rings (SSSR count). The normalized spacial score (nSPS) is 12.5. The number of benzene rings is 2. The third kappa shape index (κ3) is 3.50. The Morgan fingerprint density at radius 3 is 2.60 bits per heavy atom. The molecule has 6 nitrogen and oxygen atoms in total. The van der Waals surface area contributed by atoms with Crippen molar-refractivity contribution >= 4 is 38.4 Å². The number of aliphatic carboxylic acids is 1. The largest absolute Gasteiger partial charge is 0.480 e. The third-order valence-electron chi connectivity index (χ3n) is 5.37. The summed E-state index contributed by atoms with van der Waals surface area (Å²) >= 11 is 1.45. The van der Waals surface area contributed by atoms with Crippen molar-refractivity contribution in [1.29, 1.82) is 0 Å². The fourth-order valence-electron chi connectivity index (χ4n) is 4.04. The number of carboxylic acids is 1. The van der Waals surface area contributed by atoms with Gasteiger partial charge in [0.2, 0.25) is 0 Å². The average Bonchev–Trinajstić information content (AvgIpc) is 3.11. The summed E-state index contributed by atoms with van der Waals surface area (Å²) in [6.45, 7) is 6.03. The highest BCUT2D eigenvalue weighted by Crippen LogP contribution is 2.30. The zero-order valence-electron chi connectivity index (χ0n) is 17.2. The maximum atomic E-state index is 13.0. The van der Waals surface area contributed by atoms with Gasteiger partial charge in [0.25, 0.3) is 5.56 Å². The minimum atomic E-state index is -1.04. The first-order valence-electron chi connectivity index (χ1n) is 9.99. The summed E-state index contributed by atoms with van der Waals surface area (Å²) in [5.74, 6) is -1.04. The number of hydrogen-bond acceptors (Lipinski definition) is 5. The molecule has 0 saturated heterocycles. The molecule has 2 aromatic carbocycles. The Kier molecular flexibility index (Phi) is 5.39. The molecule has 4 aromatic rings. The van der Waals surface area contributed by atoms with Crippen LogP contribution in [0.15, 0.2) is 41.2 Å². The van der Waals surface area contributed by atoms with E-state index in [2.05, 4.69) is 35.5 Å². The summed E-state index contributed by atoms with van der Waals surface area (Å²) in [6, 6.07) is 10.5. The molecule has 1 unspecified atom stereocenters. The van der Waals surface area contributed by atoms with E-state index in [1.165, 1.54) is 17.1 Å². The fourth-order valence-corrected chi connectivity index (χ4v) is 5.01. The van der Waals surface area contributed by atoms with Gasteiger partial charge < -0.3 is 5.11 Å². The topological polar surface area (TPSA) is 85.1 Å². The molecule has 0 spiro atoms. The average molecular weight is 422 g/mol. The molecule has 0 bridgehead atoms. The summed E-state index contributed by atoms with van der Waals surface area (Å²) in [5.41, 5.74) is 3.54. The molecule has 0 aliphatic heterocycles. The van der Waals surface area contributed by atoms with Crippen molar-refractivity contribution in [2.45, 2.75) is 46.1 Å². The molecule has 0 radical (unpaired) electrons. The zero-order chi connectivity index (χ0) is 21.4. The van der Waals surface area contributed by atoms with Crippen LogP contribution in [0, 0.1) is 13.8 Å². The number of nitrogens with zero attached hydrogens (tertiary/aromatic N) is 3. The van der Waals surface area contributed by atoms with Gasteiger partial charge in [0.15, 0.2) is 6.04 Å². The summed E-state index contributed by atoms with van der Waals surface area (Å²) in [6.07, 6.45) is 1.42. The van der Waals surface area contributed by atoms with E-state index in [9.17, 15) is 14.7 Å². The van der Waals surface area contributed by atoms with E-state index in [0.717, 1.165) is 31.4 Å². The SMILES string of the molecule is CCCC(C(=O)O)n1nc(Cc2nsc3cc(C)cc(C)c23)c2ccccc2c1=O. The van der Waals surface area contributed by atoms with E-state index in [1.807, 2.05) is 19.1 Å². The zero-order valence-corrected chi connectivity index (χ0v) is 18.0. The molecule has 2 aromatic heterocycles. The van der Waals surface area contributed by atoms with E-state index in [0.29, 0.717) is 30.3 Å². The molecule has 0 saturated carbocycles. The van der Waals surface area contributed by atoms with Gasteiger partial charge in [-0.15, -0.1) is 0 Å². The first-order chi connectivity index (χ1) is 14.4. The summed E-state index contributed by atoms with van der Waals surface area (Å²) in [7, 11) is 0. The van der Waals surface area contributed by atoms with Gasteiger partial charge in [0.1, 0.15) is 0 Å². The number of hydrogen-bond donors (Lipinski definition) is 1. The molecule has 7 heteroatoms. The number of aryl methyl sites for hydroxylation is 2. The molecule has 0 fully saturated rings. The molecule has 0 aliphatic carbocycles. The quantitative estimate of drug-likeness (QED) is 0.490. The number of fused-ring (bicyclic) bond motifs is 2. The number of aromatic nitrogens is 3. The van der Waals surface area contributed by atoms with Crippen LogP contribution in [0.25, 0.3) is 20.9 Å². The van der Waals surface area contributed by atoms with Crippen LogP contribution < -0.4 is 5.56 Å². The highest BCUT2D eigenvalue weighted by atomic mass is 32.1. The van der Waals surface area contributed by atoms with Crippen LogP contribution >= 0.6 is 11.5 Å². The minimum absolute atomic E-state index is 0.345. The molecular weight excluding hydrogens is 398 g/mol. The van der Waals surface area contributed by atoms with Gasteiger partial charge in [-0.2, -0.15) is 9.47 Å². The lowest BCUT2D eigenvalue weighted by Gasteiger charge is -2.16. The number of carbonyl (C=O) groups is 1. The van der Waals surface area contributed by atoms with Crippen molar-refractivity contribution in [3.8, 4) is 0 Å². The van der Waals surface area contributed by atoms with Crippen LogP contribution in [0.1, 0.15) is 48.3 Å². The van der Waals surface area contributed by atoms with E-state index in [1.54, 1.807) is 12.1 Å². The smallest absolute Gasteiger partial charge is 0.328 e. The van der Waals surface area contributed by atoms with E-state index in [4.69, 9.17) is 0 Å². The van der Waals surface area contributed by atoms with Crippen LogP contribution in [-0.4, -0.2) is 25.2 Å². The number of rotatable bonds is 6. The standard InChI is InChI=1S/C23H23N3O3S/c1-4-7-19(23(28)29)26-22(27)16-9-6-5-8-15(16)17(24-26)12-18-21-14(3)10-13(2)11-20(21)30-25-18/h5-6,8-11,19H,4,7,12H2,1-3H3,(H,28,29). The maximum absolute atomic E-state index is 13.0. The molecule has 0 aliphatic rings. The van der Waals surface area contributed by atoms with Crippen molar-refractivity contribution in [3.05, 3.63) is 69.3 Å². The van der Waals surface area contributed by atoms with Gasteiger partial charge in [-0.05, 0) is 55.1 Å². The second kappa shape index (κ2) is 7.99. The Labute approximate surface area is 178 Å². The van der Waals surface area contributed by atoms with E-state index < -0.39 is 12.0 Å². The van der Waals surface area contributed by atoms with Crippen LogP contribution in [0.4, 0.5) is 0 Å². The second-order valence-electron chi connectivity index (χ2n) is 7.65. The molecular formula is C23H23N3O3S. The predicted octanol–water partition coefficient (Wildman–Crippen LogP) is 4.64. The predicted molar refractivity (Wildman–Crippen MR) is 119 cm³/mol. The van der Waals surface area contributed by atoms with E-state index >= 15 is 0 Å². The van der Waals surface area contributed by atoms with Crippen LogP contribution in [-0.2, 0) is 11.2 Å². The molecule has 1 N–H and O–H groups in total. The van der Waals surface area contributed by atoms with Gasteiger partial charge in [0, 0.05) is 17.2 Å². The van der Waals surface area contributed by atoms with Crippen LogP contribution in [0.2, 0.25) is 0 Å². The van der Waals surface area contributed by atoms with Gasteiger partial charge in [-0.1, -0.05) is 37.6 Å². The summed E-state index contributed by atoms with van der Waals surface area (Å²) < 4.78 is 6.93. The lowest BCUT2D eigenvalue weighted by atomic mass is 10.0. The first kappa shape index (κ1) is 20.2. The van der Waals surface area contributed by atoms with Gasteiger partial charge >= 0.3 is 5.97 Å². The Bertz CT molecular complexity index is 1320. The van der Waals surface area contributed by atoms with Crippen molar-refractivity contribution in [3.63, 3.8) is 0 Å². The lowest BCUT2D eigenvalue weighted by molar-refractivity contribution is -0.141. The number of carboxylic acid groups (broad SMARTS) is 1. The highest BCUT2D eigenvalue weighted by Gasteiger charge is 2.24. The van der Waals surface area contributed by atoms with Crippen molar-refractivity contribution < 1.29 is 9.90 Å². The van der Waals surface area contributed by atoms with Gasteiger partial charge in [0.05, 0.1) is 21.5 Å². The Morgan fingerprint density at radius 2 is 1.90 bits per heavy atom. The van der Waals surface area contributed by atoms with Crippen molar-refractivity contribution in [2.24, 2.45) is 0 Å². The molecule has 154 valence electrons. The molecule has 30 heavy (non-hydrogen) atoms. The van der Waals surface area contributed by atoms with E-state index in [-0.39, 0.29) is 5.56 Å². The maximum Gasteiger partial charge on any atom is 0.328 e. The lowest BCUT2D eigenvalue weighted by Crippen LogP contribution is -2.33. The van der Waals surface area contributed by atoms with Crippen molar-refractivity contribution in [2.75, 3.05) is 0 Å². The Hall–Kier alpha value is -3.06. The summed E-state index contributed by atoms with van der Waals surface area (Å²) in [4.78, 5) is 24.9. The third-order valence-corrected chi connectivity index (χ3v) is 6.20. The van der Waals surface area contributed by atoms with Gasteiger partial charge in [-0.25, -0.2) is 9.48 Å². The Balaban J connectivity index is 1.92. The van der Waals surface area contributed by atoms with Crippen molar-refractivity contribution in [1.82, 2.24) is 14.2 Å². The molecule has 1 atom stereocenters. The summed E-state index contributed by atoms with van der Waals surface area (Å²) in [5, 5.41) is 16.6. The minimum Gasteiger partial charge on any atom is -0.480 e. The first-order valence-corrected chi connectivity index (χ1v) is 10.8. The molecule has 2 heterocycles. The highest BCUT2D eigenvalue weighted by molar-refractivity contribution is 7.13.